The number of rotatable bonds is 5. The molecule has 1 unspecified atom stereocenters. The molecule has 1 aromatic heterocycles. The molecular formula is C47H33N3. The number of nitrogens with two attached hydrogens (primary N) is 1. The van der Waals surface area contributed by atoms with Gasteiger partial charge >= 0.3 is 0 Å². The predicted molar refractivity (Wildman–Crippen MR) is 207 cm³/mol. The molecule has 1 aliphatic carbocycles. The Hall–Kier alpha value is -6.45. The van der Waals surface area contributed by atoms with Crippen molar-refractivity contribution >= 4 is 33.2 Å². The maximum absolute atomic E-state index is 6.92. The second-order valence-corrected chi connectivity index (χ2v) is 13.2. The van der Waals surface area contributed by atoms with E-state index in [0.29, 0.717) is 12.2 Å². The Morgan fingerprint density at radius 1 is 0.580 bits per heavy atom. The van der Waals surface area contributed by atoms with Crippen LogP contribution in [0.25, 0.3) is 44.3 Å². The molecule has 0 saturated heterocycles. The number of hydrogen-bond donors (Lipinski definition) is 1. The largest absolute Gasteiger partial charge is 0.398 e. The van der Waals surface area contributed by atoms with Gasteiger partial charge in [0.05, 0.1) is 34.4 Å². The highest BCUT2D eigenvalue weighted by atomic mass is 15.0. The number of allylic oxidation sites excluding steroid dienone is 1. The van der Waals surface area contributed by atoms with Gasteiger partial charge in [-0.15, -0.1) is 0 Å². The third-order valence-electron chi connectivity index (χ3n) is 10.7. The molecule has 10 rings (SSSR count). The minimum Gasteiger partial charge on any atom is -0.398 e. The zero-order chi connectivity index (χ0) is 33.2. The minimum atomic E-state index is -0.591. The van der Waals surface area contributed by atoms with E-state index in [0.717, 1.165) is 22.4 Å². The van der Waals surface area contributed by atoms with Crippen LogP contribution in [0.3, 0.4) is 0 Å². The van der Waals surface area contributed by atoms with Gasteiger partial charge in [-0.3, -0.25) is 4.99 Å². The summed E-state index contributed by atoms with van der Waals surface area (Å²) in [6.45, 7) is 0.540. The van der Waals surface area contributed by atoms with Gasteiger partial charge in [0.2, 0.25) is 0 Å². The summed E-state index contributed by atoms with van der Waals surface area (Å²) in [6.07, 6.45) is 2.08. The van der Waals surface area contributed by atoms with E-state index in [1.807, 2.05) is 24.3 Å². The SMILES string of the molecule is N/C(=C\C(=NCc1ccccc1)c1cccc2c1C1(c3ccccc3-2)c2ccccc2-n2c3ccccc3c3cccc1c32)c1ccccc1. The lowest BCUT2D eigenvalue weighted by Gasteiger charge is -2.40. The molecule has 50 heavy (non-hydrogen) atoms. The Kier molecular flexibility index (Phi) is 6.31. The van der Waals surface area contributed by atoms with E-state index in [9.17, 15) is 0 Å². The predicted octanol–water partition coefficient (Wildman–Crippen LogP) is 10.4. The van der Waals surface area contributed by atoms with Crippen LogP contribution in [0.2, 0.25) is 0 Å². The van der Waals surface area contributed by atoms with Crippen molar-refractivity contribution in [1.82, 2.24) is 4.57 Å². The first-order valence-corrected chi connectivity index (χ1v) is 17.2. The average molecular weight is 640 g/mol. The van der Waals surface area contributed by atoms with Gasteiger partial charge in [0.25, 0.3) is 0 Å². The Morgan fingerprint density at radius 3 is 2.08 bits per heavy atom. The average Bonchev–Trinajstić information content (AvgIpc) is 3.68. The number of hydrogen-bond acceptors (Lipinski definition) is 2. The normalized spacial score (nSPS) is 16.1. The van der Waals surface area contributed by atoms with Crippen molar-refractivity contribution in [3.05, 3.63) is 215 Å². The summed E-state index contributed by atoms with van der Waals surface area (Å²) in [5.41, 5.74) is 22.4. The summed E-state index contributed by atoms with van der Waals surface area (Å²) in [5, 5.41) is 2.53. The highest BCUT2D eigenvalue weighted by molar-refractivity contribution is 6.17. The molecule has 0 bridgehead atoms. The van der Waals surface area contributed by atoms with Crippen LogP contribution in [0.4, 0.5) is 0 Å². The quantitative estimate of drug-likeness (QED) is 0.187. The first kappa shape index (κ1) is 28.6. The van der Waals surface area contributed by atoms with E-state index in [-0.39, 0.29) is 0 Å². The van der Waals surface area contributed by atoms with Crippen LogP contribution in [0.1, 0.15) is 38.9 Å². The molecule has 2 N–H and O–H groups in total. The molecule has 3 nitrogen and oxygen atoms in total. The third-order valence-corrected chi connectivity index (χ3v) is 10.7. The summed E-state index contributed by atoms with van der Waals surface area (Å²) < 4.78 is 2.49. The fraction of sp³-hybridized carbons (Fsp3) is 0.0426. The van der Waals surface area contributed by atoms with Gasteiger partial charge in [-0.05, 0) is 62.7 Å². The molecular weight excluding hydrogens is 607 g/mol. The fourth-order valence-corrected chi connectivity index (χ4v) is 8.67. The first-order chi connectivity index (χ1) is 24.7. The lowest BCUT2D eigenvalue weighted by molar-refractivity contribution is 0.747. The van der Waals surface area contributed by atoms with Crippen LogP contribution >= 0.6 is 0 Å². The molecule has 1 spiro atoms. The zero-order valence-electron chi connectivity index (χ0n) is 27.4. The van der Waals surface area contributed by atoms with Gasteiger partial charge in [0.1, 0.15) is 0 Å². The molecule has 0 fully saturated rings. The number of aliphatic imine (C=N–C) groups is 1. The monoisotopic (exact) mass is 639 g/mol. The van der Waals surface area contributed by atoms with Crippen molar-refractivity contribution in [2.24, 2.45) is 10.7 Å². The lowest BCUT2D eigenvalue weighted by atomic mass is 9.64. The molecule has 8 aromatic rings. The standard InChI is InChI=1S/C47H33N3/c48-41(32-17-5-2-6-18-32)29-42(49-30-31-15-3-1-4-16-31)37-23-13-21-35-33-19-7-9-24-38(33)47(45(35)37)39-25-10-12-28-44(39)50-43-27-11-8-20-34(43)36-22-14-26-40(47)46(36)50/h1-29H,30,48H2/b41-29-,49-42?. The van der Waals surface area contributed by atoms with E-state index in [1.54, 1.807) is 0 Å². The summed E-state index contributed by atoms with van der Waals surface area (Å²) in [5.74, 6) is 0. The maximum atomic E-state index is 6.92. The van der Waals surface area contributed by atoms with Crippen LogP contribution in [0.15, 0.2) is 181 Å². The van der Waals surface area contributed by atoms with E-state index in [4.69, 9.17) is 10.7 Å². The van der Waals surface area contributed by atoms with Crippen molar-refractivity contribution < 1.29 is 0 Å². The fourth-order valence-electron chi connectivity index (χ4n) is 8.67. The topological polar surface area (TPSA) is 43.3 Å². The zero-order valence-corrected chi connectivity index (χ0v) is 27.4. The van der Waals surface area contributed by atoms with Gasteiger partial charge in [-0.1, -0.05) is 158 Å². The van der Waals surface area contributed by atoms with Crippen molar-refractivity contribution in [2.75, 3.05) is 0 Å². The number of para-hydroxylation sites is 3. The third kappa shape index (κ3) is 3.95. The van der Waals surface area contributed by atoms with Crippen molar-refractivity contribution in [3.8, 4) is 16.8 Å². The Labute approximate surface area is 291 Å². The van der Waals surface area contributed by atoms with Gasteiger partial charge in [-0.25, -0.2) is 0 Å². The van der Waals surface area contributed by atoms with E-state index >= 15 is 0 Å². The van der Waals surface area contributed by atoms with Crippen LogP contribution in [-0.2, 0) is 12.0 Å². The molecule has 1 aliphatic heterocycles. The van der Waals surface area contributed by atoms with Crippen LogP contribution in [0, 0.1) is 0 Å². The van der Waals surface area contributed by atoms with Gasteiger partial charge in [0.15, 0.2) is 0 Å². The van der Waals surface area contributed by atoms with Crippen LogP contribution in [0.5, 0.6) is 0 Å². The first-order valence-electron chi connectivity index (χ1n) is 17.2. The molecule has 2 heterocycles. The second kappa shape index (κ2) is 11.0. The Balaban J connectivity index is 1.34. The molecule has 2 aliphatic rings. The lowest BCUT2D eigenvalue weighted by Crippen LogP contribution is -2.35. The summed E-state index contributed by atoms with van der Waals surface area (Å²) in [4.78, 5) is 5.39. The van der Waals surface area contributed by atoms with Crippen LogP contribution < -0.4 is 5.73 Å². The van der Waals surface area contributed by atoms with Crippen molar-refractivity contribution in [2.45, 2.75) is 12.0 Å². The number of aromatic nitrogens is 1. The second-order valence-electron chi connectivity index (χ2n) is 13.2. The summed E-state index contributed by atoms with van der Waals surface area (Å²) >= 11 is 0. The molecule has 0 saturated carbocycles. The van der Waals surface area contributed by atoms with E-state index in [2.05, 4.69) is 156 Å². The molecule has 236 valence electrons. The Bertz CT molecular complexity index is 2680. The van der Waals surface area contributed by atoms with Crippen molar-refractivity contribution in [3.63, 3.8) is 0 Å². The van der Waals surface area contributed by atoms with Crippen LogP contribution in [-0.4, -0.2) is 10.3 Å². The molecule has 7 aromatic carbocycles. The van der Waals surface area contributed by atoms with E-state index in [1.165, 1.54) is 60.9 Å². The number of nitrogens with zero attached hydrogens (tertiary/aromatic N) is 2. The summed E-state index contributed by atoms with van der Waals surface area (Å²) in [6, 6.07) is 61.0. The highest BCUT2D eigenvalue weighted by Gasteiger charge is 2.52. The molecule has 0 radical (unpaired) electrons. The molecule has 3 heteroatoms. The molecule has 0 amide bonds. The van der Waals surface area contributed by atoms with Gasteiger partial charge in [0, 0.05) is 22.0 Å². The smallest absolute Gasteiger partial charge is 0.0761 e. The number of fused-ring (bicyclic) bond motifs is 12. The van der Waals surface area contributed by atoms with Crippen molar-refractivity contribution in [1.29, 1.82) is 0 Å². The maximum Gasteiger partial charge on any atom is 0.0761 e. The number of benzene rings is 7. The Morgan fingerprint density at radius 2 is 1.22 bits per heavy atom. The minimum absolute atomic E-state index is 0.540. The van der Waals surface area contributed by atoms with Gasteiger partial charge < -0.3 is 10.3 Å². The van der Waals surface area contributed by atoms with E-state index < -0.39 is 5.41 Å². The highest BCUT2D eigenvalue weighted by Crippen LogP contribution is 2.61. The van der Waals surface area contributed by atoms with Gasteiger partial charge in [-0.2, -0.15) is 0 Å². The summed E-state index contributed by atoms with van der Waals surface area (Å²) in [7, 11) is 0. The molecule has 1 atom stereocenters.